The normalized spacial score (nSPS) is 12.0. The third-order valence-electron chi connectivity index (χ3n) is 2.82. The lowest BCUT2D eigenvalue weighted by Crippen LogP contribution is -2.21. The topological polar surface area (TPSA) is 61.3 Å². The van der Waals surface area contributed by atoms with Gasteiger partial charge in [0.2, 0.25) is 5.52 Å². The van der Waals surface area contributed by atoms with Crippen molar-refractivity contribution < 1.29 is 30.5 Å². The third-order valence-corrected chi connectivity index (χ3v) is 3.39. The molecule has 0 bridgehead atoms. The third kappa shape index (κ3) is 3.52. The fourth-order valence-electron chi connectivity index (χ4n) is 1.85. The Labute approximate surface area is 124 Å². The average molecular weight is 329 g/mol. The maximum absolute atomic E-state index is 10.7. The lowest BCUT2D eigenvalue weighted by atomic mass is 10.1. The molecule has 0 aliphatic carbocycles. The predicted molar refractivity (Wildman–Crippen MR) is 72.9 cm³/mol. The van der Waals surface area contributed by atoms with Gasteiger partial charge in [0.1, 0.15) is 0 Å². The Hall–Kier alpha value is -2.19. The van der Waals surface area contributed by atoms with E-state index in [-0.39, 0.29) is 0 Å². The number of benzene rings is 1. The minimum atomic E-state index is -6.09. The first-order valence-corrected chi connectivity index (χ1v) is 7.41. The van der Waals surface area contributed by atoms with E-state index in [0.717, 1.165) is 0 Å². The van der Waals surface area contributed by atoms with E-state index in [1.54, 1.807) is 0 Å². The molecule has 0 unspecified atom stereocenters. The summed E-state index contributed by atoms with van der Waals surface area (Å²) in [5, 5.41) is 2.59. The highest BCUT2D eigenvalue weighted by Crippen LogP contribution is 2.20. The summed E-state index contributed by atoms with van der Waals surface area (Å²) >= 11 is 0. The number of pyridine rings is 2. The standard InChI is InChI=1S/C13H10N.CHF3O3S/c1-2-6-12-11(5-1)8-10-14-9-4-3-7-13(12)14;2-1(3,4)8(5,6)7/h1-10H;(H,5,6,7)/q+1;/p-1. The molecule has 1 aromatic carbocycles. The molecule has 0 spiro atoms. The van der Waals surface area contributed by atoms with Crippen molar-refractivity contribution in [1.82, 2.24) is 0 Å². The molecule has 116 valence electrons. The van der Waals surface area contributed by atoms with Crippen LogP contribution in [0, 0.1) is 0 Å². The van der Waals surface area contributed by atoms with Gasteiger partial charge in [0, 0.05) is 18.2 Å². The molecule has 0 atom stereocenters. The summed E-state index contributed by atoms with van der Waals surface area (Å²) in [5.41, 5.74) is -4.39. The van der Waals surface area contributed by atoms with E-state index in [0.29, 0.717) is 0 Å². The number of nitrogens with zero attached hydrogens (tertiary/aromatic N) is 1. The van der Waals surface area contributed by atoms with E-state index in [1.807, 2.05) is 6.07 Å². The largest absolute Gasteiger partial charge is 0.741 e. The summed E-state index contributed by atoms with van der Waals surface area (Å²) < 4.78 is 61.0. The van der Waals surface area contributed by atoms with Crippen LogP contribution in [0.4, 0.5) is 13.2 Å². The van der Waals surface area contributed by atoms with E-state index < -0.39 is 15.6 Å². The van der Waals surface area contributed by atoms with E-state index in [1.165, 1.54) is 16.3 Å². The van der Waals surface area contributed by atoms with Crippen LogP contribution in [-0.4, -0.2) is 18.5 Å². The van der Waals surface area contributed by atoms with Gasteiger partial charge in [-0.15, -0.1) is 0 Å². The van der Waals surface area contributed by atoms with Crippen LogP contribution in [0.25, 0.3) is 16.3 Å². The highest BCUT2D eigenvalue weighted by Gasteiger charge is 2.36. The zero-order chi connectivity index (χ0) is 16.4. The Morgan fingerprint density at radius 2 is 1.50 bits per heavy atom. The second-order valence-corrected chi connectivity index (χ2v) is 5.67. The maximum Gasteiger partial charge on any atom is 0.485 e. The number of hydrogen-bond acceptors (Lipinski definition) is 3. The second-order valence-electron chi connectivity index (χ2n) is 4.30. The molecule has 8 heteroatoms. The highest BCUT2D eigenvalue weighted by atomic mass is 32.2. The molecular weight excluding hydrogens is 319 g/mol. The molecule has 0 radical (unpaired) electrons. The average Bonchev–Trinajstić information content (AvgIpc) is 2.46. The number of aromatic nitrogens is 1. The van der Waals surface area contributed by atoms with E-state index in [2.05, 4.69) is 59.3 Å². The summed E-state index contributed by atoms with van der Waals surface area (Å²) in [6, 6.07) is 16.8. The van der Waals surface area contributed by atoms with Gasteiger partial charge in [0.15, 0.2) is 22.5 Å². The molecular formula is C14H10F3NO3S. The quantitative estimate of drug-likeness (QED) is 0.276. The van der Waals surface area contributed by atoms with Gasteiger partial charge in [-0.2, -0.15) is 17.6 Å². The van der Waals surface area contributed by atoms with Crippen molar-refractivity contribution in [3.8, 4) is 0 Å². The molecule has 0 N–H and O–H groups in total. The van der Waals surface area contributed by atoms with Gasteiger partial charge >= 0.3 is 5.51 Å². The second kappa shape index (κ2) is 5.90. The Balaban J connectivity index is 0.000000192. The van der Waals surface area contributed by atoms with Gasteiger partial charge in [-0.1, -0.05) is 18.2 Å². The lowest BCUT2D eigenvalue weighted by molar-refractivity contribution is -0.510. The molecule has 2 heterocycles. The van der Waals surface area contributed by atoms with Gasteiger partial charge in [-0.05, 0) is 17.5 Å². The zero-order valence-electron chi connectivity index (χ0n) is 11.0. The summed E-state index contributed by atoms with van der Waals surface area (Å²) in [7, 11) is -6.09. The molecule has 0 saturated heterocycles. The monoisotopic (exact) mass is 329 g/mol. The Bertz CT molecular complexity index is 853. The van der Waals surface area contributed by atoms with Crippen molar-refractivity contribution >= 4 is 26.4 Å². The smallest absolute Gasteiger partial charge is 0.485 e. The zero-order valence-corrected chi connectivity index (χ0v) is 11.8. The highest BCUT2D eigenvalue weighted by molar-refractivity contribution is 7.86. The van der Waals surface area contributed by atoms with Crippen molar-refractivity contribution in [2.75, 3.05) is 0 Å². The molecule has 4 nitrogen and oxygen atoms in total. The fourth-order valence-corrected chi connectivity index (χ4v) is 1.85. The number of rotatable bonds is 0. The summed E-state index contributed by atoms with van der Waals surface area (Å²) in [6.45, 7) is 0. The minimum Gasteiger partial charge on any atom is -0.741 e. The minimum absolute atomic E-state index is 1.26. The number of hydrogen-bond donors (Lipinski definition) is 0. The Morgan fingerprint density at radius 1 is 0.909 bits per heavy atom. The van der Waals surface area contributed by atoms with Gasteiger partial charge in [0.25, 0.3) is 0 Å². The number of fused-ring (bicyclic) bond motifs is 3. The molecule has 0 aliphatic heterocycles. The fraction of sp³-hybridized carbons (Fsp3) is 0.0714. The summed E-state index contributed by atoms with van der Waals surface area (Å²) in [6.07, 6.45) is 4.17. The van der Waals surface area contributed by atoms with Crippen molar-refractivity contribution in [3.63, 3.8) is 0 Å². The molecule has 2 aromatic heterocycles. The van der Waals surface area contributed by atoms with E-state index in [9.17, 15) is 13.2 Å². The number of halogens is 3. The molecule has 0 aliphatic rings. The van der Waals surface area contributed by atoms with Gasteiger partial charge < -0.3 is 4.55 Å². The Morgan fingerprint density at radius 3 is 2.14 bits per heavy atom. The molecule has 0 saturated carbocycles. The Kier molecular flexibility index (Phi) is 4.34. The van der Waals surface area contributed by atoms with Gasteiger partial charge in [-0.25, -0.2) is 8.42 Å². The van der Waals surface area contributed by atoms with Crippen molar-refractivity contribution in [1.29, 1.82) is 0 Å². The molecule has 0 amide bonds. The molecule has 3 aromatic rings. The van der Waals surface area contributed by atoms with E-state index >= 15 is 0 Å². The van der Waals surface area contributed by atoms with Crippen LogP contribution >= 0.6 is 0 Å². The maximum atomic E-state index is 10.7. The van der Waals surface area contributed by atoms with E-state index in [4.69, 9.17) is 13.0 Å². The summed E-state index contributed by atoms with van der Waals surface area (Å²) in [5.74, 6) is 0. The molecule has 0 fully saturated rings. The van der Waals surface area contributed by atoms with Gasteiger partial charge in [-0.3, -0.25) is 0 Å². The van der Waals surface area contributed by atoms with Gasteiger partial charge in [0.05, 0.1) is 5.39 Å². The van der Waals surface area contributed by atoms with Crippen molar-refractivity contribution in [3.05, 3.63) is 60.9 Å². The van der Waals surface area contributed by atoms with Crippen LogP contribution in [0.3, 0.4) is 0 Å². The van der Waals surface area contributed by atoms with Crippen molar-refractivity contribution in [2.45, 2.75) is 5.51 Å². The van der Waals surface area contributed by atoms with Crippen LogP contribution in [0.1, 0.15) is 0 Å². The van der Waals surface area contributed by atoms with Crippen molar-refractivity contribution in [2.24, 2.45) is 0 Å². The predicted octanol–water partition coefficient (Wildman–Crippen LogP) is 2.63. The van der Waals surface area contributed by atoms with Crippen LogP contribution in [-0.2, 0) is 10.1 Å². The molecule has 22 heavy (non-hydrogen) atoms. The van der Waals surface area contributed by atoms with Crippen LogP contribution < -0.4 is 4.40 Å². The van der Waals surface area contributed by atoms with Crippen LogP contribution in [0.5, 0.6) is 0 Å². The SMILES string of the molecule is O=S(=O)([O-])C(F)(F)F.c1ccc2c(c1)cc[n+]1ccccc21. The number of alkyl halides is 3. The molecule has 3 rings (SSSR count). The lowest BCUT2D eigenvalue weighted by Gasteiger charge is -2.08. The van der Waals surface area contributed by atoms with Crippen LogP contribution in [0.2, 0.25) is 0 Å². The first kappa shape index (κ1) is 16.2. The summed E-state index contributed by atoms with van der Waals surface area (Å²) in [4.78, 5) is 0. The first-order chi connectivity index (χ1) is 10.2. The van der Waals surface area contributed by atoms with Crippen LogP contribution in [0.15, 0.2) is 60.9 Å². The first-order valence-electron chi connectivity index (χ1n) is 6.00.